The number of nitrogens with one attached hydrogen (secondary N) is 1. The smallest absolute Gasteiger partial charge is 0.230 e. The lowest BCUT2D eigenvalue weighted by molar-refractivity contribution is -0.124. The summed E-state index contributed by atoms with van der Waals surface area (Å²) in [5.41, 5.74) is 5.54. The first-order chi connectivity index (χ1) is 7.91. The van der Waals surface area contributed by atoms with Gasteiger partial charge in [0.15, 0.2) is 0 Å². The Morgan fingerprint density at radius 1 is 1.65 bits per heavy atom. The van der Waals surface area contributed by atoms with E-state index in [1.54, 1.807) is 13.1 Å². The third-order valence-electron chi connectivity index (χ3n) is 2.34. The van der Waals surface area contributed by atoms with Crippen LogP contribution < -0.4 is 11.1 Å². The Hall–Kier alpha value is -1.43. The Bertz CT molecular complexity index is 415. The monoisotopic (exact) mass is 255 g/mol. The summed E-state index contributed by atoms with van der Waals surface area (Å²) in [5.74, 6) is 0.605. The highest BCUT2D eigenvalue weighted by molar-refractivity contribution is 7.80. The van der Waals surface area contributed by atoms with Crippen LogP contribution >= 0.6 is 12.2 Å². The van der Waals surface area contributed by atoms with Gasteiger partial charge in [-0.15, -0.1) is 0 Å². The molecule has 1 rings (SSSR count). The normalized spacial score (nSPS) is 12.5. The molecule has 94 valence electrons. The molecule has 0 fully saturated rings. The van der Waals surface area contributed by atoms with Crippen LogP contribution in [0.25, 0.3) is 0 Å². The summed E-state index contributed by atoms with van der Waals surface area (Å²) in [5, 5.41) is 2.71. The Morgan fingerprint density at radius 3 is 2.71 bits per heavy atom. The zero-order valence-electron chi connectivity index (χ0n) is 10.2. The van der Waals surface area contributed by atoms with E-state index < -0.39 is 5.92 Å². The van der Waals surface area contributed by atoms with Gasteiger partial charge in [-0.1, -0.05) is 26.1 Å². The van der Waals surface area contributed by atoms with Crippen molar-refractivity contribution in [3.8, 4) is 0 Å². The molecule has 3 N–H and O–H groups in total. The van der Waals surface area contributed by atoms with E-state index in [0.29, 0.717) is 11.7 Å². The highest BCUT2D eigenvalue weighted by Crippen LogP contribution is 2.11. The molecular weight excluding hydrogens is 238 g/mol. The van der Waals surface area contributed by atoms with Crippen LogP contribution in [0, 0.1) is 18.8 Å². The van der Waals surface area contributed by atoms with E-state index in [0.717, 1.165) is 0 Å². The number of aromatic nitrogens is 1. The molecule has 0 bridgehead atoms. The number of carbonyl (C=O) groups is 1. The first-order valence-electron chi connectivity index (χ1n) is 5.40. The lowest BCUT2D eigenvalue weighted by atomic mass is 9.95. The third-order valence-corrected chi connectivity index (χ3v) is 2.59. The minimum atomic E-state index is -0.457. The van der Waals surface area contributed by atoms with Crippen LogP contribution in [0.15, 0.2) is 10.6 Å². The van der Waals surface area contributed by atoms with Gasteiger partial charge in [-0.3, -0.25) is 4.79 Å². The Morgan fingerprint density at radius 2 is 2.29 bits per heavy atom. The average Bonchev–Trinajstić information content (AvgIpc) is 2.60. The van der Waals surface area contributed by atoms with Crippen LogP contribution in [0.3, 0.4) is 0 Å². The number of carbonyl (C=O) groups excluding carboxylic acids is 1. The summed E-state index contributed by atoms with van der Waals surface area (Å²) < 4.78 is 5.24. The SMILES string of the molecule is Cc1cnc(CNC(=O)C(C(N)=S)C(C)C)o1. The molecule has 1 aromatic heterocycles. The van der Waals surface area contributed by atoms with Crippen molar-refractivity contribution in [2.24, 2.45) is 17.6 Å². The Kier molecular flexibility index (Phi) is 4.62. The molecule has 0 aliphatic carbocycles. The van der Waals surface area contributed by atoms with Gasteiger partial charge >= 0.3 is 0 Å². The van der Waals surface area contributed by atoms with Gasteiger partial charge in [0.2, 0.25) is 11.8 Å². The third kappa shape index (κ3) is 3.81. The van der Waals surface area contributed by atoms with E-state index in [4.69, 9.17) is 22.4 Å². The fourth-order valence-corrected chi connectivity index (χ4v) is 1.90. The zero-order valence-corrected chi connectivity index (χ0v) is 11.0. The van der Waals surface area contributed by atoms with E-state index in [2.05, 4.69) is 10.3 Å². The molecule has 6 heteroatoms. The summed E-state index contributed by atoms with van der Waals surface area (Å²) in [6, 6.07) is 0. The highest BCUT2D eigenvalue weighted by atomic mass is 32.1. The van der Waals surface area contributed by atoms with Crippen molar-refractivity contribution in [2.45, 2.75) is 27.3 Å². The maximum atomic E-state index is 11.9. The van der Waals surface area contributed by atoms with E-state index in [1.807, 2.05) is 13.8 Å². The van der Waals surface area contributed by atoms with E-state index in [1.165, 1.54) is 0 Å². The molecule has 1 amide bonds. The maximum absolute atomic E-state index is 11.9. The molecule has 1 unspecified atom stereocenters. The maximum Gasteiger partial charge on any atom is 0.230 e. The Balaban J connectivity index is 2.56. The number of aryl methyl sites for hydroxylation is 1. The van der Waals surface area contributed by atoms with Gasteiger partial charge in [-0.25, -0.2) is 4.98 Å². The summed E-state index contributed by atoms with van der Waals surface area (Å²) in [4.78, 5) is 16.1. The van der Waals surface area contributed by atoms with Crippen molar-refractivity contribution in [2.75, 3.05) is 0 Å². The second-order valence-electron chi connectivity index (χ2n) is 4.21. The number of thiocarbonyl (C=S) groups is 1. The molecule has 0 spiro atoms. The molecule has 5 nitrogen and oxygen atoms in total. The fraction of sp³-hybridized carbons (Fsp3) is 0.545. The van der Waals surface area contributed by atoms with Crippen LogP contribution in [0.2, 0.25) is 0 Å². The molecule has 0 saturated carbocycles. The summed E-state index contributed by atoms with van der Waals surface area (Å²) >= 11 is 4.88. The first kappa shape index (κ1) is 13.6. The zero-order chi connectivity index (χ0) is 13.0. The molecular formula is C11H17N3O2S. The molecule has 0 saturated heterocycles. The predicted octanol–water partition coefficient (Wildman–Crippen LogP) is 1.16. The van der Waals surface area contributed by atoms with Gasteiger partial charge in [0.25, 0.3) is 0 Å². The van der Waals surface area contributed by atoms with Gasteiger partial charge < -0.3 is 15.5 Å². The summed E-state index contributed by atoms with van der Waals surface area (Å²) in [7, 11) is 0. The van der Waals surface area contributed by atoms with E-state index in [-0.39, 0.29) is 23.4 Å². The van der Waals surface area contributed by atoms with Crippen molar-refractivity contribution in [3.63, 3.8) is 0 Å². The van der Waals surface area contributed by atoms with Gasteiger partial charge in [-0.2, -0.15) is 0 Å². The average molecular weight is 255 g/mol. The van der Waals surface area contributed by atoms with Gasteiger partial charge in [0.1, 0.15) is 5.76 Å². The molecule has 0 aromatic carbocycles. The fourth-order valence-electron chi connectivity index (χ4n) is 1.52. The van der Waals surface area contributed by atoms with Crippen molar-refractivity contribution in [3.05, 3.63) is 17.8 Å². The predicted molar refractivity (Wildman–Crippen MR) is 68.2 cm³/mol. The Labute approximate surface area is 106 Å². The van der Waals surface area contributed by atoms with Crippen molar-refractivity contribution in [1.29, 1.82) is 0 Å². The second kappa shape index (κ2) is 5.77. The summed E-state index contributed by atoms with van der Waals surface area (Å²) in [6.07, 6.45) is 1.61. The number of oxazole rings is 1. The van der Waals surface area contributed by atoms with Crippen molar-refractivity contribution in [1.82, 2.24) is 10.3 Å². The molecule has 0 aliphatic heterocycles. The molecule has 0 radical (unpaired) electrons. The number of hydrogen-bond donors (Lipinski definition) is 2. The van der Waals surface area contributed by atoms with Crippen molar-refractivity contribution >= 4 is 23.1 Å². The molecule has 0 aliphatic rings. The standard InChI is InChI=1S/C11H17N3O2S/c1-6(2)9(10(12)17)11(15)14-5-8-13-4-7(3)16-8/h4,6,9H,5H2,1-3H3,(H2,12,17)(H,14,15). The van der Waals surface area contributed by atoms with Crippen LogP contribution in [0.1, 0.15) is 25.5 Å². The lowest BCUT2D eigenvalue weighted by Crippen LogP contribution is -2.40. The number of nitrogens with zero attached hydrogens (tertiary/aromatic N) is 1. The number of nitrogens with two attached hydrogens (primary N) is 1. The molecule has 17 heavy (non-hydrogen) atoms. The van der Waals surface area contributed by atoms with E-state index >= 15 is 0 Å². The molecule has 1 aromatic rings. The van der Waals surface area contributed by atoms with Gasteiger partial charge in [0.05, 0.1) is 23.6 Å². The minimum Gasteiger partial charge on any atom is -0.444 e. The van der Waals surface area contributed by atoms with Gasteiger partial charge in [-0.05, 0) is 12.8 Å². The minimum absolute atomic E-state index is 0.0683. The van der Waals surface area contributed by atoms with Crippen LogP contribution in [-0.4, -0.2) is 15.9 Å². The first-order valence-corrected chi connectivity index (χ1v) is 5.81. The van der Waals surface area contributed by atoms with Gasteiger partial charge in [0, 0.05) is 0 Å². The largest absolute Gasteiger partial charge is 0.444 e. The second-order valence-corrected chi connectivity index (χ2v) is 4.68. The summed E-state index contributed by atoms with van der Waals surface area (Å²) in [6.45, 7) is 5.85. The van der Waals surface area contributed by atoms with E-state index in [9.17, 15) is 4.79 Å². The van der Waals surface area contributed by atoms with Crippen LogP contribution in [0.5, 0.6) is 0 Å². The topological polar surface area (TPSA) is 81.2 Å². The van der Waals surface area contributed by atoms with Crippen LogP contribution in [0.4, 0.5) is 0 Å². The number of amides is 1. The van der Waals surface area contributed by atoms with Crippen molar-refractivity contribution < 1.29 is 9.21 Å². The van der Waals surface area contributed by atoms with Crippen LogP contribution in [-0.2, 0) is 11.3 Å². The molecule has 1 atom stereocenters. The molecule has 1 heterocycles. The number of rotatable bonds is 5. The quantitative estimate of drug-likeness (QED) is 0.772. The number of hydrogen-bond acceptors (Lipinski definition) is 4. The lowest BCUT2D eigenvalue weighted by Gasteiger charge is -2.18. The highest BCUT2D eigenvalue weighted by Gasteiger charge is 2.24.